The molecule has 8 heteroatoms. The van der Waals surface area contributed by atoms with E-state index in [9.17, 15) is 9.18 Å². The number of pyridine rings is 1. The minimum atomic E-state index is -0.617. The normalized spacial score (nSPS) is 18.3. The Kier molecular flexibility index (Phi) is 5.85. The largest absolute Gasteiger partial charge is 0.472 e. The molecule has 1 amide bonds. The number of amides is 1. The minimum Gasteiger partial charge on any atom is -0.472 e. The van der Waals surface area contributed by atoms with E-state index in [-0.39, 0.29) is 24.3 Å². The highest BCUT2D eigenvalue weighted by Gasteiger charge is 2.33. The first kappa shape index (κ1) is 20.4. The summed E-state index contributed by atoms with van der Waals surface area (Å²) in [6.45, 7) is 2.21. The highest BCUT2D eigenvalue weighted by atomic mass is 19.1. The molecule has 0 radical (unpaired) electrons. The van der Waals surface area contributed by atoms with E-state index in [1.165, 1.54) is 18.3 Å². The van der Waals surface area contributed by atoms with E-state index >= 15 is 0 Å². The SMILES string of the molecule is CC1CCC(Oc2cc(C#N)ccn2)CN1C(=O)c1c(F)cccc1-c1ncccn1. The highest BCUT2D eigenvalue weighted by Crippen LogP contribution is 2.28. The van der Waals surface area contributed by atoms with E-state index < -0.39 is 11.7 Å². The van der Waals surface area contributed by atoms with Crippen molar-refractivity contribution in [3.8, 4) is 23.3 Å². The topological polar surface area (TPSA) is 92.0 Å². The van der Waals surface area contributed by atoms with Gasteiger partial charge in [-0.2, -0.15) is 5.26 Å². The average molecular weight is 417 g/mol. The van der Waals surface area contributed by atoms with Gasteiger partial charge in [0.1, 0.15) is 11.9 Å². The summed E-state index contributed by atoms with van der Waals surface area (Å²) in [5.74, 6) is -0.427. The molecule has 1 aliphatic heterocycles. The summed E-state index contributed by atoms with van der Waals surface area (Å²) in [5, 5.41) is 9.06. The Morgan fingerprint density at radius 3 is 2.74 bits per heavy atom. The van der Waals surface area contributed by atoms with Gasteiger partial charge in [0.2, 0.25) is 5.88 Å². The third-order valence-electron chi connectivity index (χ3n) is 5.29. The number of nitriles is 1. The Hall–Kier alpha value is -3.86. The molecule has 1 aromatic carbocycles. The molecule has 1 fully saturated rings. The molecule has 2 unspecified atom stereocenters. The maximum Gasteiger partial charge on any atom is 0.257 e. The lowest BCUT2D eigenvalue weighted by Crippen LogP contribution is -2.49. The van der Waals surface area contributed by atoms with Crippen LogP contribution in [0.1, 0.15) is 35.7 Å². The Bertz CT molecular complexity index is 1130. The molecule has 156 valence electrons. The molecule has 0 aliphatic carbocycles. The molecular weight excluding hydrogens is 397 g/mol. The van der Waals surface area contributed by atoms with Crippen LogP contribution < -0.4 is 4.74 Å². The summed E-state index contributed by atoms with van der Waals surface area (Å²) in [6, 6.07) is 11.2. The van der Waals surface area contributed by atoms with Crippen LogP contribution in [0.5, 0.6) is 5.88 Å². The first-order valence-corrected chi connectivity index (χ1v) is 9.96. The van der Waals surface area contributed by atoms with Gasteiger partial charge < -0.3 is 9.64 Å². The summed E-state index contributed by atoms with van der Waals surface area (Å²) < 4.78 is 20.8. The van der Waals surface area contributed by atoms with Crippen molar-refractivity contribution in [2.45, 2.75) is 31.9 Å². The van der Waals surface area contributed by atoms with Crippen molar-refractivity contribution >= 4 is 5.91 Å². The predicted molar refractivity (Wildman–Crippen MR) is 111 cm³/mol. The number of nitrogens with zero attached hydrogens (tertiary/aromatic N) is 5. The van der Waals surface area contributed by atoms with Crippen LogP contribution in [0.4, 0.5) is 4.39 Å². The summed E-state index contributed by atoms with van der Waals surface area (Å²) in [7, 11) is 0. The van der Waals surface area contributed by atoms with Gasteiger partial charge in [-0.05, 0) is 38.0 Å². The summed E-state index contributed by atoms with van der Waals surface area (Å²) >= 11 is 0. The number of carbonyl (C=O) groups excluding carboxylic acids is 1. The van der Waals surface area contributed by atoms with Crippen LogP contribution in [0, 0.1) is 17.1 Å². The summed E-state index contributed by atoms with van der Waals surface area (Å²) in [6.07, 6.45) is 5.71. The van der Waals surface area contributed by atoms with Gasteiger partial charge in [0.25, 0.3) is 5.91 Å². The molecule has 7 nitrogen and oxygen atoms in total. The number of likely N-dealkylation sites (tertiary alicyclic amines) is 1. The number of piperidine rings is 1. The van der Waals surface area contributed by atoms with Crippen LogP contribution in [0.25, 0.3) is 11.4 Å². The first-order valence-electron chi connectivity index (χ1n) is 9.96. The van der Waals surface area contributed by atoms with Crippen molar-refractivity contribution in [1.82, 2.24) is 19.9 Å². The number of benzene rings is 1. The van der Waals surface area contributed by atoms with Crippen LogP contribution in [0.3, 0.4) is 0 Å². The van der Waals surface area contributed by atoms with Gasteiger partial charge in [0.05, 0.1) is 23.7 Å². The molecular formula is C23H20FN5O2. The lowest BCUT2D eigenvalue weighted by atomic mass is 9.98. The van der Waals surface area contributed by atoms with Crippen LogP contribution in [0.15, 0.2) is 55.0 Å². The fourth-order valence-electron chi connectivity index (χ4n) is 3.68. The van der Waals surface area contributed by atoms with E-state index in [1.807, 2.05) is 6.92 Å². The number of carbonyl (C=O) groups is 1. The minimum absolute atomic E-state index is 0.0502. The third-order valence-corrected chi connectivity index (χ3v) is 5.29. The maximum atomic E-state index is 14.8. The Morgan fingerprint density at radius 1 is 1.16 bits per heavy atom. The van der Waals surface area contributed by atoms with Gasteiger partial charge in [-0.25, -0.2) is 19.3 Å². The quantitative estimate of drug-likeness (QED) is 0.644. The van der Waals surface area contributed by atoms with Crippen molar-refractivity contribution in [3.05, 3.63) is 71.9 Å². The monoisotopic (exact) mass is 417 g/mol. The molecule has 3 aromatic rings. The first-order chi connectivity index (χ1) is 15.1. The van der Waals surface area contributed by atoms with Crippen molar-refractivity contribution < 1.29 is 13.9 Å². The van der Waals surface area contributed by atoms with Crippen LogP contribution in [0.2, 0.25) is 0 Å². The fourth-order valence-corrected chi connectivity index (χ4v) is 3.68. The molecule has 2 aromatic heterocycles. The molecule has 0 saturated carbocycles. The van der Waals surface area contributed by atoms with E-state index in [1.54, 1.807) is 41.6 Å². The second kappa shape index (κ2) is 8.88. The standard InChI is InChI=1S/C23H20FN5O2/c1-15-6-7-17(31-20-12-16(13-25)8-11-26-20)14-29(15)23(30)21-18(4-2-5-19(21)24)22-27-9-3-10-28-22/h2-5,8-12,15,17H,6-7,14H2,1H3. The lowest BCUT2D eigenvalue weighted by Gasteiger charge is -2.38. The Balaban J connectivity index is 1.60. The molecule has 1 saturated heterocycles. The molecule has 3 heterocycles. The molecule has 0 bridgehead atoms. The number of halogens is 1. The van der Waals surface area contributed by atoms with Crippen molar-refractivity contribution in [2.24, 2.45) is 0 Å². The second-order valence-electron chi connectivity index (χ2n) is 7.35. The van der Waals surface area contributed by atoms with Gasteiger partial charge in [0.15, 0.2) is 5.82 Å². The molecule has 1 aliphatic rings. The lowest BCUT2D eigenvalue weighted by molar-refractivity contribution is 0.0369. The van der Waals surface area contributed by atoms with Gasteiger partial charge >= 0.3 is 0 Å². The molecule has 31 heavy (non-hydrogen) atoms. The van der Waals surface area contributed by atoms with E-state index in [4.69, 9.17) is 10.00 Å². The average Bonchev–Trinajstić information content (AvgIpc) is 2.80. The molecule has 4 rings (SSSR count). The summed E-state index contributed by atoms with van der Waals surface area (Å²) in [4.78, 5) is 27.6. The number of rotatable bonds is 4. The van der Waals surface area contributed by atoms with Gasteiger partial charge in [-0.15, -0.1) is 0 Å². The van der Waals surface area contributed by atoms with Crippen LogP contribution >= 0.6 is 0 Å². The zero-order valence-corrected chi connectivity index (χ0v) is 16.9. The number of aromatic nitrogens is 3. The van der Waals surface area contributed by atoms with Gasteiger partial charge in [-0.1, -0.05) is 12.1 Å². The van der Waals surface area contributed by atoms with E-state index in [0.717, 1.165) is 6.42 Å². The van der Waals surface area contributed by atoms with Crippen LogP contribution in [-0.4, -0.2) is 44.4 Å². The summed E-state index contributed by atoms with van der Waals surface area (Å²) in [5.41, 5.74) is 0.746. The highest BCUT2D eigenvalue weighted by molar-refractivity contribution is 6.00. The predicted octanol–water partition coefficient (Wildman–Crippen LogP) is 3.62. The van der Waals surface area contributed by atoms with E-state index in [0.29, 0.717) is 29.3 Å². The maximum absolute atomic E-state index is 14.8. The van der Waals surface area contributed by atoms with Crippen molar-refractivity contribution in [3.63, 3.8) is 0 Å². The fraction of sp³-hybridized carbons (Fsp3) is 0.261. The molecule has 0 N–H and O–H groups in total. The van der Waals surface area contributed by atoms with Crippen molar-refractivity contribution in [1.29, 1.82) is 5.26 Å². The second-order valence-corrected chi connectivity index (χ2v) is 7.35. The van der Waals surface area contributed by atoms with E-state index in [2.05, 4.69) is 21.0 Å². The zero-order chi connectivity index (χ0) is 21.8. The van der Waals surface area contributed by atoms with Crippen molar-refractivity contribution in [2.75, 3.05) is 6.54 Å². The smallest absolute Gasteiger partial charge is 0.257 e. The number of ether oxygens (including phenoxy) is 1. The van der Waals surface area contributed by atoms with Gasteiger partial charge in [-0.3, -0.25) is 4.79 Å². The zero-order valence-electron chi connectivity index (χ0n) is 16.9. The van der Waals surface area contributed by atoms with Gasteiger partial charge in [0, 0.05) is 36.3 Å². The van der Waals surface area contributed by atoms with Crippen LogP contribution in [-0.2, 0) is 0 Å². The number of hydrogen-bond acceptors (Lipinski definition) is 6. The molecule has 2 atom stereocenters. The Morgan fingerprint density at radius 2 is 1.97 bits per heavy atom. The Labute approximate surface area is 179 Å². The molecule has 0 spiro atoms. The number of hydrogen-bond donors (Lipinski definition) is 0. The third kappa shape index (κ3) is 4.36.